The van der Waals surface area contributed by atoms with E-state index in [9.17, 15) is 4.79 Å². The van der Waals surface area contributed by atoms with E-state index in [0.717, 1.165) is 5.39 Å². The van der Waals surface area contributed by atoms with Crippen LogP contribution in [0.4, 0.5) is 0 Å². The minimum absolute atomic E-state index is 0. The normalized spacial score (nSPS) is 9.50. The van der Waals surface area contributed by atoms with Crippen molar-refractivity contribution in [3.63, 3.8) is 0 Å². The summed E-state index contributed by atoms with van der Waals surface area (Å²) < 4.78 is 9.92. The van der Waals surface area contributed by atoms with Gasteiger partial charge in [0.2, 0.25) is 5.63 Å². The van der Waals surface area contributed by atoms with Crippen LogP contribution in [0.15, 0.2) is 33.5 Å². The molecular weight excluding hydrogens is 352 g/mol. The van der Waals surface area contributed by atoms with E-state index >= 15 is 0 Å². The van der Waals surface area contributed by atoms with E-state index < -0.39 is 5.63 Å². The third-order valence-electron chi connectivity index (χ3n) is 1.74. The molecule has 2 rings (SSSR count). The molecule has 0 bridgehead atoms. The minimum atomic E-state index is -0.402. The molecule has 1 heterocycles. The van der Waals surface area contributed by atoms with Crippen molar-refractivity contribution in [3.05, 3.63) is 40.8 Å². The number of rotatable bonds is 1. The fourth-order valence-electron chi connectivity index (χ4n) is 1.11. The molecule has 0 aliphatic carbocycles. The minimum Gasteiger partial charge on any atom is -0.515 e. The largest absolute Gasteiger partial charge is 0.515 e. The Hall–Kier alpha value is -1.08. The number of benzene rings is 1. The first-order valence-electron chi connectivity index (χ1n) is 3.79. The molecule has 1 aromatic carbocycles. The molecule has 14 heavy (non-hydrogen) atoms. The van der Waals surface area contributed by atoms with Gasteiger partial charge in [0.25, 0.3) is 0 Å². The molecule has 4 heteroatoms. The van der Waals surface area contributed by atoms with E-state index in [1.165, 1.54) is 6.07 Å². The number of methoxy groups -OCH3 is 1. The van der Waals surface area contributed by atoms with Crippen molar-refractivity contribution < 1.29 is 30.2 Å². The fourth-order valence-corrected chi connectivity index (χ4v) is 1.11. The summed E-state index contributed by atoms with van der Waals surface area (Å²) in [7, 11) is 1.56. The van der Waals surface area contributed by atoms with Crippen LogP contribution >= 0.6 is 0 Å². The topological polar surface area (TPSA) is 39.4 Å². The van der Waals surface area contributed by atoms with Crippen molar-refractivity contribution in [2.24, 2.45) is 0 Å². The second-order valence-corrected chi connectivity index (χ2v) is 2.57. The molecular formula is C10H7O3W-. The molecule has 0 aliphatic rings. The standard InChI is InChI=1S/C10H7O3.W/c1-12-8-4-2-7-3-5-10(11)13-9(7)6-8;/h2,4-6H,1H3;/q-1;. The molecule has 0 radical (unpaired) electrons. The Morgan fingerprint density at radius 1 is 1.43 bits per heavy atom. The molecule has 0 unspecified atom stereocenters. The zero-order valence-corrected chi connectivity index (χ0v) is 10.4. The quantitative estimate of drug-likeness (QED) is 0.574. The maximum Gasteiger partial charge on any atom is 0.248 e. The van der Waals surface area contributed by atoms with Gasteiger partial charge in [0.05, 0.1) is 7.11 Å². The first kappa shape index (κ1) is 11.0. The van der Waals surface area contributed by atoms with Crippen LogP contribution in [0, 0.1) is 6.07 Å². The molecule has 0 spiro atoms. The van der Waals surface area contributed by atoms with Crippen molar-refractivity contribution in [3.8, 4) is 5.75 Å². The second-order valence-electron chi connectivity index (χ2n) is 2.57. The predicted molar refractivity (Wildman–Crippen MR) is 47.9 cm³/mol. The monoisotopic (exact) mass is 359 g/mol. The summed E-state index contributed by atoms with van der Waals surface area (Å²) in [5, 5.41) is 0.764. The Labute approximate surface area is 94.9 Å². The smallest absolute Gasteiger partial charge is 0.248 e. The van der Waals surface area contributed by atoms with Crippen LogP contribution in [-0.4, -0.2) is 7.11 Å². The van der Waals surface area contributed by atoms with E-state index in [1.807, 2.05) is 0 Å². The van der Waals surface area contributed by atoms with Crippen molar-refractivity contribution in [2.75, 3.05) is 7.11 Å². The van der Waals surface area contributed by atoms with Crippen molar-refractivity contribution >= 4 is 11.0 Å². The van der Waals surface area contributed by atoms with Crippen molar-refractivity contribution in [2.45, 2.75) is 0 Å². The average Bonchev–Trinajstić information content (AvgIpc) is 2.16. The molecule has 0 atom stereocenters. The van der Waals surface area contributed by atoms with Gasteiger partial charge in [-0.15, -0.1) is 17.5 Å². The van der Waals surface area contributed by atoms with Crippen LogP contribution in [0.3, 0.4) is 0 Å². The van der Waals surface area contributed by atoms with E-state index in [1.54, 1.807) is 25.3 Å². The summed E-state index contributed by atoms with van der Waals surface area (Å²) in [4.78, 5) is 10.8. The zero-order valence-electron chi connectivity index (χ0n) is 7.44. The SMILES string of the molecule is COc1ccc2[c-]cc(=O)oc2c1.[W]. The summed E-state index contributed by atoms with van der Waals surface area (Å²) in [6.45, 7) is 0. The van der Waals surface area contributed by atoms with Gasteiger partial charge in [-0.3, -0.25) is 0 Å². The molecule has 2 aromatic rings. The summed E-state index contributed by atoms with van der Waals surface area (Å²) in [6.07, 6.45) is 0. The Morgan fingerprint density at radius 2 is 2.21 bits per heavy atom. The number of hydrogen-bond donors (Lipinski definition) is 0. The fraction of sp³-hybridized carbons (Fsp3) is 0.100. The van der Waals surface area contributed by atoms with Crippen LogP contribution in [-0.2, 0) is 21.1 Å². The van der Waals surface area contributed by atoms with Crippen LogP contribution in [0.1, 0.15) is 0 Å². The van der Waals surface area contributed by atoms with Crippen molar-refractivity contribution in [1.29, 1.82) is 0 Å². The molecule has 0 saturated carbocycles. The summed E-state index contributed by atoms with van der Waals surface area (Å²) in [5.41, 5.74) is 0.0904. The Balaban J connectivity index is 0.000000980. The second kappa shape index (κ2) is 4.43. The molecule has 0 amide bonds. The zero-order chi connectivity index (χ0) is 9.26. The summed E-state index contributed by atoms with van der Waals surface area (Å²) in [6, 6.07) is 9.32. The van der Waals surface area contributed by atoms with Crippen molar-refractivity contribution in [1.82, 2.24) is 0 Å². The van der Waals surface area contributed by atoms with E-state index in [2.05, 4.69) is 6.07 Å². The number of ether oxygens (including phenoxy) is 1. The van der Waals surface area contributed by atoms with Gasteiger partial charge in [0, 0.05) is 26.6 Å². The van der Waals surface area contributed by atoms with Gasteiger partial charge in [-0.1, -0.05) is 12.1 Å². The Morgan fingerprint density at radius 3 is 2.93 bits per heavy atom. The molecule has 0 fully saturated rings. The molecule has 0 saturated heterocycles. The maximum absolute atomic E-state index is 10.8. The molecule has 0 N–H and O–H groups in total. The third kappa shape index (κ3) is 2.04. The van der Waals surface area contributed by atoms with E-state index in [-0.39, 0.29) is 21.1 Å². The number of hydrogen-bond acceptors (Lipinski definition) is 3. The van der Waals surface area contributed by atoms with Gasteiger partial charge in [0.1, 0.15) is 5.75 Å². The maximum atomic E-state index is 10.8. The van der Waals surface area contributed by atoms with Gasteiger partial charge >= 0.3 is 0 Å². The summed E-state index contributed by atoms with van der Waals surface area (Å²) in [5.74, 6) is 0.662. The summed E-state index contributed by atoms with van der Waals surface area (Å²) >= 11 is 0. The molecule has 1 aromatic heterocycles. The van der Waals surface area contributed by atoms with E-state index in [4.69, 9.17) is 9.15 Å². The van der Waals surface area contributed by atoms with Crippen LogP contribution in [0.5, 0.6) is 5.75 Å². The van der Waals surface area contributed by atoms with Gasteiger partial charge < -0.3 is 13.9 Å². The first-order chi connectivity index (χ1) is 6.29. The Kier molecular flexibility index (Phi) is 3.48. The first-order valence-corrected chi connectivity index (χ1v) is 3.79. The number of fused-ring (bicyclic) bond motifs is 1. The van der Waals surface area contributed by atoms with Gasteiger partial charge in [-0.25, -0.2) is 0 Å². The van der Waals surface area contributed by atoms with Crippen LogP contribution < -0.4 is 10.4 Å². The Bertz CT molecular complexity index is 490. The average molecular weight is 359 g/mol. The van der Waals surface area contributed by atoms with E-state index in [0.29, 0.717) is 11.3 Å². The predicted octanol–water partition coefficient (Wildman–Crippen LogP) is 1.60. The van der Waals surface area contributed by atoms with Gasteiger partial charge in [-0.2, -0.15) is 0 Å². The molecule has 72 valence electrons. The van der Waals surface area contributed by atoms with Crippen LogP contribution in [0.25, 0.3) is 11.0 Å². The molecule has 3 nitrogen and oxygen atoms in total. The van der Waals surface area contributed by atoms with Crippen LogP contribution in [0.2, 0.25) is 0 Å². The molecule has 0 aliphatic heterocycles. The van der Waals surface area contributed by atoms with Gasteiger partial charge in [-0.05, 0) is 6.07 Å². The third-order valence-corrected chi connectivity index (χ3v) is 1.74. The van der Waals surface area contributed by atoms with Gasteiger partial charge in [0.15, 0.2) is 0 Å².